The molecule has 0 aliphatic carbocycles. The normalized spacial score (nSPS) is 22.3. The SMILES string of the molecule is CCC1(CC)OCC(=NO)CO1. The van der Waals surface area contributed by atoms with Crippen molar-refractivity contribution >= 4 is 5.71 Å². The summed E-state index contributed by atoms with van der Waals surface area (Å²) in [5.41, 5.74) is 0.549. The Morgan fingerprint density at radius 1 is 1.33 bits per heavy atom. The van der Waals surface area contributed by atoms with Crippen molar-refractivity contribution in [3.63, 3.8) is 0 Å². The molecule has 4 heteroatoms. The number of oxime groups is 1. The summed E-state index contributed by atoms with van der Waals surface area (Å²) in [4.78, 5) is 0. The summed E-state index contributed by atoms with van der Waals surface area (Å²) in [7, 11) is 0. The van der Waals surface area contributed by atoms with Crippen LogP contribution in [-0.2, 0) is 9.47 Å². The molecule has 1 saturated heterocycles. The van der Waals surface area contributed by atoms with E-state index in [1.54, 1.807) is 0 Å². The minimum absolute atomic E-state index is 0.373. The van der Waals surface area contributed by atoms with Crippen molar-refractivity contribution in [2.75, 3.05) is 13.2 Å². The molecule has 0 amide bonds. The van der Waals surface area contributed by atoms with Crippen molar-refractivity contribution in [1.29, 1.82) is 0 Å². The standard InChI is InChI=1S/C8H15NO3/c1-3-8(4-2)11-5-7(9-10)6-12-8/h10H,3-6H2,1-2H3. The first-order valence-electron chi connectivity index (χ1n) is 4.24. The molecule has 0 radical (unpaired) electrons. The fourth-order valence-electron chi connectivity index (χ4n) is 1.23. The molecule has 1 rings (SSSR count). The first-order chi connectivity index (χ1) is 5.76. The maximum atomic E-state index is 8.43. The Morgan fingerprint density at radius 3 is 2.17 bits per heavy atom. The topological polar surface area (TPSA) is 51.0 Å². The maximum Gasteiger partial charge on any atom is 0.168 e. The van der Waals surface area contributed by atoms with E-state index in [0.29, 0.717) is 18.9 Å². The Bertz CT molecular complexity index is 163. The highest BCUT2D eigenvalue weighted by Crippen LogP contribution is 2.24. The van der Waals surface area contributed by atoms with E-state index in [1.165, 1.54) is 0 Å². The molecule has 1 aliphatic heterocycles. The quantitative estimate of drug-likeness (QED) is 0.507. The monoisotopic (exact) mass is 173 g/mol. The van der Waals surface area contributed by atoms with Crippen LogP contribution in [0.4, 0.5) is 0 Å². The smallest absolute Gasteiger partial charge is 0.168 e. The average molecular weight is 173 g/mol. The predicted octanol–water partition coefficient (Wildman–Crippen LogP) is 1.38. The van der Waals surface area contributed by atoms with Crippen LogP contribution >= 0.6 is 0 Å². The first kappa shape index (κ1) is 9.48. The van der Waals surface area contributed by atoms with Crippen LogP contribution in [0, 0.1) is 0 Å². The second kappa shape index (κ2) is 3.87. The van der Waals surface area contributed by atoms with Gasteiger partial charge in [0.1, 0.15) is 5.71 Å². The molecular weight excluding hydrogens is 158 g/mol. The summed E-state index contributed by atoms with van der Waals surface area (Å²) < 4.78 is 10.9. The van der Waals surface area contributed by atoms with Crippen molar-refractivity contribution in [1.82, 2.24) is 0 Å². The number of nitrogens with zero attached hydrogens (tertiary/aromatic N) is 1. The number of ether oxygens (including phenoxy) is 2. The van der Waals surface area contributed by atoms with Gasteiger partial charge in [0.15, 0.2) is 5.79 Å². The van der Waals surface area contributed by atoms with Crippen LogP contribution in [0.1, 0.15) is 26.7 Å². The van der Waals surface area contributed by atoms with Gasteiger partial charge in [0.2, 0.25) is 0 Å². The van der Waals surface area contributed by atoms with Gasteiger partial charge in [-0.3, -0.25) is 0 Å². The average Bonchev–Trinajstić information content (AvgIpc) is 2.18. The lowest BCUT2D eigenvalue weighted by molar-refractivity contribution is -0.239. The van der Waals surface area contributed by atoms with Crippen LogP contribution in [0.5, 0.6) is 0 Å². The van der Waals surface area contributed by atoms with Gasteiger partial charge < -0.3 is 14.7 Å². The van der Waals surface area contributed by atoms with Crippen LogP contribution in [0.2, 0.25) is 0 Å². The largest absolute Gasteiger partial charge is 0.411 e. The number of rotatable bonds is 2. The second-order valence-electron chi connectivity index (χ2n) is 2.86. The third-order valence-electron chi connectivity index (χ3n) is 2.22. The van der Waals surface area contributed by atoms with Crippen molar-refractivity contribution in [3.8, 4) is 0 Å². The van der Waals surface area contributed by atoms with Crippen molar-refractivity contribution in [3.05, 3.63) is 0 Å². The minimum Gasteiger partial charge on any atom is -0.411 e. The molecule has 0 atom stereocenters. The van der Waals surface area contributed by atoms with E-state index in [-0.39, 0.29) is 0 Å². The van der Waals surface area contributed by atoms with Gasteiger partial charge in [0.05, 0.1) is 13.2 Å². The summed E-state index contributed by atoms with van der Waals surface area (Å²) >= 11 is 0. The van der Waals surface area contributed by atoms with E-state index in [0.717, 1.165) is 12.8 Å². The molecule has 0 aromatic carbocycles. The zero-order valence-corrected chi connectivity index (χ0v) is 7.54. The first-order valence-corrected chi connectivity index (χ1v) is 4.24. The van der Waals surface area contributed by atoms with Crippen molar-refractivity contribution in [2.45, 2.75) is 32.5 Å². The van der Waals surface area contributed by atoms with E-state index >= 15 is 0 Å². The summed E-state index contributed by atoms with van der Waals surface area (Å²) in [6.07, 6.45) is 1.64. The molecule has 1 heterocycles. The van der Waals surface area contributed by atoms with Gasteiger partial charge in [-0.1, -0.05) is 19.0 Å². The molecule has 0 aromatic heterocycles. The molecule has 12 heavy (non-hydrogen) atoms. The molecular formula is C8H15NO3. The van der Waals surface area contributed by atoms with Gasteiger partial charge in [0, 0.05) is 0 Å². The van der Waals surface area contributed by atoms with E-state index in [4.69, 9.17) is 14.7 Å². The van der Waals surface area contributed by atoms with Gasteiger partial charge in [0.25, 0.3) is 0 Å². The van der Waals surface area contributed by atoms with E-state index in [2.05, 4.69) is 5.16 Å². The lowest BCUT2D eigenvalue weighted by atomic mass is 10.1. The molecule has 70 valence electrons. The van der Waals surface area contributed by atoms with Gasteiger partial charge in [-0.15, -0.1) is 0 Å². The zero-order chi connectivity index (χ0) is 9.03. The lowest BCUT2D eigenvalue weighted by Gasteiger charge is -2.35. The molecule has 0 aromatic rings. The molecule has 0 saturated carbocycles. The van der Waals surface area contributed by atoms with Crippen molar-refractivity contribution in [2.24, 2.45) is 5.16 Å². The van der Waals surface area contributed by atoms with Crippen LogP contribution in [0.3, 0.4) is 0 Å². The van der Waals surface area contributed by atoms with Crippen LogP contribution < -0.4 is 0 Å². The Labute approximate surface area is 72.2 Å². The molecule has 4 nitrogen and oxygen atoms in total. The fourth-order valence-corrected chi connectivity index (χ4v) is 1.23. The Balaban J connectivity index is 2.53. The fraction of sp³-hybridized carbons (Fsp3) is 0.875. The summed E-state index contributed by atoms with van der Waals surface area (Å²) in [5, 5.41) is 11.5. The summed E-state index contributed by atoms with van der Waals surface area (Å²) in [5.74, 6) is -0.450. The summed E-state index contributed by atoms with van der Waals surface area (Å²) in [6, 6.07) is 0. The van der Waals surface area contributed by atoms with Gasteiger partial charge in [-0.05, 0) is 12.8 Å². The van der Waals surface area contributed by atoms with E-state index in [1.807, 2.05) is 13.8 Å². The highest BCUT2D eigenvalue weighted by atomic mass is 16.7. The molecule has 0 unspecified atom stereocenters. The Morgan fingerprint density at radius 2 is 1.83 bits per heavy atom. The van der Waals surface area contributed by atoms with Crippen LogP contribution in [-0.4, -0.2) is 29.9 Å². The molecule has 1 fully saturated rings. The minimum atomic E-state index is -0.450. The number of hydrogen-bond donors (Lipinski definition) is 1. The van der Waals surface area contributed by atoms with Gasteiger partial charge >= 0.3 is 0 Å². The third-order valence-corrected chi connectivity index (χ3v) is 2.22. The lowest BCUT2D eigenvalue weighted by Crippen LogP contribution is -2.43. The predicted molar refractivity (Wildman–Crippen MR) is 44.4 cm³/mol. The van der Waals surface area contributed by atoms with E-state index < -0.39 is 5.79 Å². The molecule has 0 bridgehead atoms. The highest BCUT2D eigenvalue weighted by Gasteiger charge is 2.32. The van der Waals surface area contributed by atoms with Crippen LogP contribution in [0.25, 0.3) is 0 Å². The second-order valence-corrected chi connectivity index (χ2v) is 2.86. The third kappa shape index (κ3) is 1.76. The number of hydrogen-bond acceptors (Lipinski definition) is 4. The van der Waals surface area contributed by atoms with E-state index in [9.17, 15) is 0 Å². The molecule has 0 spiro atoms. The zero-order valence-electron chi connectivity index (χ0n) is 7.54. The van der Waals surface area contributed by atoms with Crippen molar-refractivity contribution < 1.29 is 14.7 Å². The molecule has 1 N–H and O–H groups in total. The summed E-state index contributed by atoms with van der Waals surface area (Å²) in [6.45, 7) is 4.78. The Kier molecular flexibility index (Phi) is 3.05. The van der Waals surface area contributed by atoms with Crippen LogP contribution in [0.15, 0.2) is 5.16 Å². The maximum absolute atomic E-state index is 8.43. The molecule has 1 aliphatic rings. The van der Waals surface area contributed by atoms with Gasteiger partial charge in [-0.2, -0.15) is 0 Å². The Hall–Kier alpha value is -0.610. The highest BCUT2D eigenvalue weighted by molar-refractivity contribution is 5.86. The van der Waals surface area contributed by atoms with Gasteiger partial charge in [-0.25, -0.2) is 0 Å².